The van der Waals surface area contributed by atoms with Crippen LogP contribution in [-0.4, -0.2) is 4.57 Å². The highest BCUT2D eigenvalue weighted by Crippen LogP contribution is 2.23. The molecule has 2 nitrogen and oxygen atoms in total. The van der Waals surface area contributed by atoms with E-state index in [2.05, 4.69) is 96.8 Å². The third-order valence-electron chi connectivity index (χ3n) is 10.6. The average molecular weight is 656 g/mol. The number of aryl methyl sites for hydroxylation is 1. The number of hydrogen-bond acceptors (Lipinski definition) is 0. The zero-order valence-electron chi connectivity index (χ0n) is 31.9. The molecule has 2 aromatic carbocycles. The van der Waals surface area contributed by atoms with Crippen LogP contribution >= 0.6 is 0 Å². The highest BCUT2D eigenvalue weighted by molar-refractivity contribution is 5.22. The molecule has 3 aromatic rings. The fraction of sp³-hybridized carbons (Fsp3) is 0.674. The molecule has 0 aliphatic rings. The quantitative estimate of drug-likeness (QED) is 0.0499. The van der Waals surface area contributed by atoms with Crippen LogP contribution in [0.1, 0.15) is 197 Å². The minimum atomic E-state index is 0.516. The molecule has 0 saturated carbocycles. The van der Waals surface area contributed by atoms with Crippen molar-refractivity contribution in [2.45, 2.75) is 200 Å². The summed E-state index contributed by atoms with van der Waals surface area (Å²) in [4.78, 5) is 0. The Morgan fingerprint density at radius 1 is 0.521 bits per heavy atom. The van der Waals surface area contributed by atoms with Crippen molar-refractivity contribution in [2.24, 2.45) is 0 Å². The molecule has 3 rings (SSSR count). The largest absolute Gasteiger partial charge is 0.261 e. The zero-order valence-corrected chi connectivity index (χ0v) is 31.9. The lowest BCUT2D eigenvalue weighted by molar-refractivity contribution is -0.704. The molecule has 1 aromatic heterocycles. The molecular formula is C46H75N2+. The number of aromatic nitrogens is 2. The zero-order chi connectivity index (χ0) is 33.9. The molecule has 0 amide bonds. The fourth-order valence-electron chi connectivity index (χ4n) is 7.52. The van der Waals surface area contributed by atoms with E-state index in [9.17, 15) is 0 Å². The summed E-state index contributed by atoms with van der Waals surface area (Å²) in [6.45, 7) is 9.33. The van der Waals surface area contributed by atoms with Gasteiger partial charge in [-0.05, 0) is 42.7 Å². The minimum Gasteiger partial charge on any atom is -0.234 e. The maximum atomic E-state index is 2.74. The third-order valence-corrected chi connectivity index (χ3v) is 10.6. The normalized spacial score (nSPS) is 12.1. The molecule has 0 saturated heterocycles. The number of unbranched alkanes of at least 4 members (excludes halogenated alkanes) is 21. The molecule has 2 heteroatoms. The summed E-state index contributed by atoms with van der Waals surface area (Å²) in [5.74, 6) is 2.03. The maximum Gasteiger partial charge on any atom is 0.261 e. The minimum absolute atomic E-state index is 0.516. The van der Waals surface area contributed by atoms with E-state index in [1.807, 2.05) is 0 Å². The first-order valence-electron chi connectivity index (χ1n) is 20.9. The molecule has 1 heterocycles. The van der Waals surface area contributed by atoms with Gasteiger partial charge in [-0.1, -0.05) is 203 Å². The highest BCUT2D eigenvalue weighted by atomic mass is 15.2. The lowest BCUT2D eigenvalue weighted by Crippen LogP contribution is -2.37. The predicted molar refractivity (Wildman–Crippen MR) is 210 cm³/mol. The van der Waals surface area contributed by atoms with Crippen molar-refractivity contribution in [1.82, 2.24) is 4.57 Å². The number of hydrogen-bond donors (Lipinski definition) is 0. The van der Waals surface area contributed by atoms with Crippen LogP contribution in [0, 0.1) is 0 Å². The Balaban J connectivity index is 1.48. The lowest BCUT2D eigenvalue weighted by atomic mass is 9.96. The van der Waals surface area contributed by atoms with Crippen LogP contribution in [0.15, 0.2) is 66.9 Å². The second kappa shape index (κ2) is 26.5. The van der Waals surface area contributed by atoms with Gasteiger partial charge in [0.2, 0.25) is 0 Å². The monoisotopic (exact) mass is 656 g/mol. The molecular weight excluding hydrogens is 581 g/mol. The van der Waals surface area contributed by atoms with Crippen molar-refractivity contribution in [3.63, 3.8) is 0 Å². The molecule has 0 fully saturated rings. The highest BCUT2D eigenvalue weighted by Gasteiger charge is 2.25. The van der Waals surface area contributed by atoms with Crippen LogP contribution < -0.4 is 4.57 Å². The van der Waals surface area contributed by atoms with Crippen molar-refractivity contribution in [2.75, 3.05) is 0 Å². The summed E-state index contributed by atoms with van der Waals surface area (Å²) >= 11 is 0. The van der Waals surface area contributed by atoms with Crippen LogP contribution in [0.2, 0.25) is 0 Å². The van der Waals surface area contributed by atoms with E-state index in [-0.39, 0.29) is 0 Å². The van der Waals surface area contributed by atoms with Crippen molar-refractivity contribution in [1.29, 1.82) is 0 Å². The smallest absolute Gasteiger partial charge is 0.234 e. The summed E-state index contributed by atoms with van der Waals surface area (Å²) in [6, 6.07) is 22.3. The molecule has 0 bridgehead atoms. The van der Waals surface area contributed by atoms with Gasteiger partial charge < -0.3 is 0 Å². The first kappa shape index (κ1) is 40.1. The van der Waals surface area contributed by atoms with Crippen LogP contribution in [0.4, 0.5) is 0 Å². The van der Waals surface area contributed by atoms with E-state index in [1.54, 1.807) is 0 Å². The Hall–Kier alpha value is -2.35. The maximum absolute atomic E-state index is 2.74. The first-order chi connectivity index (χ1) is 23.7. The summed E-state index contributed by atoms with van der Waals surface area (Å²) in [5, 5.41) is 0. The fourth-order valence-corrected chi connectivity index (χ4v) is 7.52. The molecule has 48 heavy (non-hydrogen) atoms. The van der Waals surface area contributed by atoms with Gasteiger partial charge in [0.1, 0.15) is 11.9 Å². The van der Waals surface area contributed by atoms with E-state index in [4.69, 9.17) is 0 Å². The molecule has 0 radical (unpaired) electrons. The van der Waals surface area contributed by atoms with Gasteiger partial charge in [0, 0.05) is 6.42 Å². The molecule has 0 N–H and O–H groups in total. The lowest BCUT2D eigenvalue weighted by Gasteiger charge is -2.12. The first-order valence-corrected chi connectivity index (χ1v) is 20.9. The number of imidazole rings is 1. The van der Waals surface area contributed by atoms with Gasteiger partial charge in [-0.15, -0.1) is 0 Å². The SMILES string of the molecule is CCCCCCCCCCCCCCCCCCC[n+]1cc(CC(C)c2ccccc2)n(CCCCCCCC)c1Cc1ccccc1. The molecule has 1 unspecified atom stereocenters. The summed E-state index contributed by atoms with van der Waals surface area (Å²) in [7, 11) is 0. The Morgan fingerprint density at radius 2 is 0.958 bits per heavy atom. The van der Waals surface area contributed by atoms with E-state index in [0.717, 1.165) is 25.9 Å². The summed E-state index contributed by atoms with van der Waals surface area (Å²) in [5.41, 5.74) is 4.41. The van der Waals surface area contributed by atoms with E-state index in [0.29, 0.717) is 5.92 Å². The van der Waals surface area contributed by atoms with E-state index >= 15 is 0 Å². The van der Waals surface area contributed by atoms with E-state index < -0.39 is 0 Å². The summed E-state index contributed by atoms with van der Waals surface area (Å²) in [6.07, 6.45) is 37.0. The van der Waals surface area contributed by atoms with Gasteiger partial charge in [0.15, 0.2) is 0 Å². The molecule has 0 aliphatic heterocycles. The van der Waals surface area contributed by atoms with Gasteiger partial charge in [0.25, 0.3) is 5.82 Å². The van der Waals surface area contributed by atoms with Gasteiger partial charge in [-0.25, -0.2) is 9.13 Å². The average Bonchev–Trinajstić information content (AvgIpc) is 3.42. The van der Waals surface area contributed by atoms with Crippen LogP contribution in [0.5, 0.6) is 0 Å². The van der Waals surface area contributed by atoms with E-state index in [1.165, 1.54) is 170 Å². The van der Waals surface area contributed by atoms with Crippen LogP contribution in [0.25, 0.3) is 0 Å². The topological polar surface area (TPSA) is 8.81 Å². The molecule has 1 atom stereocenters. The Morgan fingerprint density at radius 3 is 1.46 bits per heavy atom. The van der Waals surface area contributed by atoms with Crippen molar-refractivity contribution >= 4 is 0 Å². The summed E-state index contributed by atoms with van der Waals surface area (Å²) < 4.78 is 5.39. The van der Waals surface area contributed by atoms with Crippen LogP contribution in [-0.2, 0) is 25.9 Å². The molecule has 268 valence electrons. The van der Waals surface area contributed by atoms with Gasteiger partial charge in [-0.3, -0.25) is 0 Å². The predicted octanol–water partition coefficient (Wildman–Crippen LogP) is 13.7. The molecule has 0 aliphatic carbocycles. The van der Waals surface area contributed by atoms with Crippen molar-refractivity contribution in [3.8, 4) is 0 Å². The standard InChI is InChI=1S/C46H75N2/c1-4-6-8-10-12-13-14-15-16-17-18-19-20-21-22-23-31-37-47-41-45(39-42(3)44-35-29-26-30-36-44)48(38-32-24-11-9-7-5-2)46(47)40-43-33-27-25-28-34-43/h25-30,33-36,41-42H,4-24,31-32,37-40H2,1-3H3/q+1. The Bertz CT molecular complexity index is 1150. The van der Waals surface area contributed by atoms with Gasteiger partial charge in [0.05, 0.1) is 19.5 Å². The van der Waals surface area contributed by atoms with Gasteiger partial charge in [-0.2, -0.15) is 0 Å². The number of rotatable bonds is 30. The Kier molecular flexibility index (Phi) is 22.1. The Labute approximate surface area is 298 Å². The number of nitrogens with zero attached hydrogens (tertiary/aromatic N) is 2. The molecule has 0 spiro atoms. The van der Waals surface area contributed by atoms with Gasteiger partial charge >= 0.3 is 0 Å². The van der Waals surface area contributed by atoms with Crippen LogP contribution in [0.3, 0.4) is 0 Å². The number of benzene rings is 2. The second-order valence-corrected chi connectivity index (χ2v) is 15.0. The van der Waals surface area contributed by atoms with Crippen molar-refractivity contribution < 1.29 is 4.57 Å². The second-order valence-electron chi connectivity index (χ2n) is 15.0. The van der Waals surface area contributed by atoms with Crippen molar-refractivity contribution in [3.05, 3.63) is 89.5 Å². The third kappa shape index (κ3) is 16.8.